The summed E-state index contributed by atoms with van der Waals surface area (Å²) in [6.07, 6.45) is 1.75. The lowest BCUT2D eigenvalue weighted by molar-refractivity contribution is 0.0366. The quantitative estimate of drug-likeness (QED) is 0.829. The maximum atomic E-state index is 12.4. The van der Waals surface area contributed by atoms with Crippen LogP contribution in [0.15, 0.2) is 24.3 Å². The number of nitriles is 1. The van der Waals surface area contributed by atoms with Crippen molar-refractivity contribution < 1.29 is 15.0 Å². The molecule has 0 radical (unpaired) electrons. The highest BCUT2D eigenvalue weighted by atomic mass is 16.3. The van der Waals surface area contributed by atoms with E-state index in [9.17, 15) is 20.3 Å². The standard InChI is InChI=1S/C17H22N2O3/c1-16(11-20,12-21)10-19(2)15(22)13-3-5-14(6-4-13)17(9-18)7-8-17/h3-6,20-21H,7-8,10-12H2,1-2H3. The first-order valence-electron chi connectivity index (χ1n) is 7.39. The highest BCUT2D eigenvalue weighted by Gasteiger charge is 2.44. The van der Waals surface area contributed by atoms with Gasteiger partial charge in [0.25, 0.3) is 5.91 Å². The lowest BCUT2D eigenvalue weighted by Crippen LogP contribution is -2.41. The molecule has 1 aliphatic carbocycles. The summed E-state index contributed by atoms with van der Waals surface area (Å²) in [5, 5.41) is 27.8. The van der Waals surface area contributed by atoms with Gasteiger partial charge in [-0.05, 0) is 30.5 Å². The van der Waals surface area contributed by atoms with Gasteiger partial charge in [-0.15, -0.1) is 0 Å². The van der Waals surface area contributed by atoms with Gasteiger partial charge in [-0.3, -0.25) is 4.79 Å². The number of carbonyl (C=O) groups is 1. The van der Waals surface area contributed by atoms with Gasteiger partial charge < -0.3 is 15.1 Å². The van der Waals surface area contributed by atoms with E-state index in [2.05, 4.69) is 6.07 Å². The summed E-state index contributed by atoms with van der Waals surface area (Å²) < 4.78 is 0. The van der Waals surface area contributed by atoms with Gasteiger partial charge in [-0.2, -0.15) is 5.26 Å². The van der Waals surface area contributed by atoms with Crippen molar-refractivity contribution in [2.75, 3.05) is 26.8 Å². The summed E-state index contributed by atoms with van der Waals surface area (Å²) in [6, 6.07) is 9.49. The van der Waals surface area contributed by atoms with Gasteiger partial charge in [0.2, 0.25) is 0 Å². The molecular weight excluding hydrogens is 280 g/mol. The molecule has 0 aliphatic heterocycles. The third kappa shape index (κ3) is 3.13. The molecule has 5 nitrogen and oxygen atoms in total. The van der Waals surface area contributed by atoms with Crippen LogP contribution in [0.3, 0.4) is 0 Å². The maximum absolute atomic E-state index is 12.4. The molecule has 0 spiro atoms. The highest BCUT2D eigenvalue weighted by molar-refractivity contribution is 5.94. The molecule has 1 aliphatic rings. The fourth-order valence-electron chi connectivity index (χ4n) is 2.54. The first kappa shape index (κ1) is 16.5. The molecule has 0 atom stereocenters. The van der Waals surface area contributed by atoms with E-state index >= 15 is 0 Å². The molecule has 0 saturated heterocycles. The van der Waals surface area contributed by atoms with E-state index in [-0.39, 0.29) is 31.1 Å². The predicted molar refractivity (Wildman–Crippen MR) is 82.2 cm³/mol. The maximum Gasteiger partial charge on any atom is 0.253 e. The summed E-state index contributed by atoms with van der Waals surface area (Å²) in [7, 11) is 1.65. The number of amides is 1. The molecule has 0 unspecified atom stereocenters. The van der Waals surface area contributed by atoms with Crippen LogP contribution >= 0.6 is 0 Å². The average molecular weight is 302 g/mol. The van der Waals surface area contributed by atoms with Gasteiger partial charge >= 0.3 is 0 Å². The smallest absolute Gasteiger partial charge is 0.253 e. The topological polar surface area (TPSA) is 84.6 Å². The van der Waals surface area contributed by atoms with Crippen molar-refractivity contribution in [3.05, 3.63) is 35.4 Å². The van der Waals surface area contributed by atoms with Gasteiger partial charge in [-0.1, -0.05) is 19.1 Å². The zero-order valence-electron chi connectivity index (χ0n) is 13.0. The molecule has 118 valence electrons. The second-order valence-electron chi connectivity index (χ2n) is 6.56. The second kappa shape index (κ2) is 6.07. The molecule has 1 fully saturated rings. The second-order valence-corrected chi connectivity index (χ2v) is 6.56. The van der Waals surface area contributed by atoms with Crippen molar-refractivity contribution in [3.63, 3.8) is 0 Å². The third-order valence-electron chi connectivity index (χ3n) is 4.38. The number of aliphatic hydroxyl groups is 2. The predicted octanol–water partition coefficient (Wildman–Crippen LogP) is 1.30. The van der Waals surface area contributed by atoms with Crippen LogP contribution < -0.4 is 0 Å². The van der Waals surface area contributed by atoms with Crippen LogP contribution in [0.5, 0.6) is 0 Å². The number of aliphatic hydroxyl groups excluding tert-OH is 2. The van der Waals surface area contributed by atoms with Crippen molar-refractivity contribution in [2.45, 2.75) is 25.2 Å². The molecule has 0 bridgehead atoms. The van der Waals surface area contributed by atoms with Crippen molar-refractivity contribution in [3.8, 4) is 6.07 Å². The molecule has 22 heavy (non-hydrogen) atoms. The summed E-state index contributed by atoms with van der Waals surface area (Å²) >= 11 is 0. The Balaban J connectivity index is 2.08. The van der Waals surface area contributed by atoms with Crippen molar-refractivity contribution in [1.82, 2.24) is 4.90 Å². The molecule has 0 aromatic heterocycles. The van der Waals surface area contributed by atoms with E-state index in [1.165, 1.54) is 4.90 Å². The number of hydrogen-bond acceptors (Lipinski definition) is 4. The van der Waals surface area contributed by atoms with Crippen LogP contribution in [0.25, 0.3) is 0 Å². The monoisotopic (exact) mass is 302 g/mol. The Hall–Kier alpha value is -1.90. The van der Waals surface area contributed by atoms with Crippen LogP contribution in [0.1, 0.15) is 35.7 Å². The molecular formula is C17H22N2O3. The Morgan fingerprint density at radius 1 is 1.32 bits per heavy atom. The molecule has 1 aromatic rings. The van der Waals surface area contributed by atoms with Gasteiger partial charge in [0.1, 0.15) is 0 Å². The number of rotatable bonds is 6. The first-order valence-corrected chi connectivity index (χ1v) is 7.39. The minimum atomic E-state index is -0.719. The fraction of sp³-hybridized carbons (Fsp3) is 0.529. The fourth-order valence-corrected chi connectivity index (χ4v) is 2.54. The van der Waals surface area contributed by atoms with Gasteiger partial charge in [0.15, 0.2) is 0 Å². The summed E-state index contributed by atoms with van der Waals surface area (Å²) in [5.74, 6) is -0.165. The van der Waals surface area contributed by atoms with Crippen LogP contribution in [-0.2, 0) is 5.41 Å². The van der Waals surface area contributed by atoms with Gasteiger partial charge in [-0.25, -0.2) is 0 Å². The largest absolute Gasteiger partial charge is 0.396 e. The van der Waals surface area contributed by atoms with Crippen molar-refractivity contribution in [1.29, 1.82) is 5.26 Å². The lowest BCUT2D eigenvalue weighted by Gasteiger charge is -2.30. The van der Waals surface area contributed by atoms with Crippen molar-refractivity contribution in [2.24, 2.45) is 5.41 Å². The van der Waals surface area contributed by atoms with E-state index in [0.717, 1.165) is 18.4 Å². The summed E-state index contributed by atoms with van der Waals surface area (Å²) in [4.78, 5) is 13.9. The van der Waals surface area contributed by atoms with Crippen LogP contribution in [0.4, 0.5) is 0 Å². The number of carbonyl (C=O) groups excluding carboxylic acids is 1. The van der Waals surface area contributed by atoms with E-state index in [0.29, 0.717) is 5.56 Å². The Labute approximate surface area is 130 Å². The first-order chi connectivity index (χ1) is 10.4. The van der Waals surface area contributed by atoms with Crippen LogP contribution in [0.2, 0.25) is 0 Å². The van der Waals surface area contributed by atoms with Crippen LogP contribution in [-0.4, -0.2) is 47.8 Å². The normalized spacial score (nSPS) is 16.0. The average Bonchev–Trinajstić information content (AvgIpc) is 3.35. The molecule has 2 rings (SSSR count). The Morgan fingerprint density at radius 2 is 1.86 bits per heavy atom. The van der Waals surface area contributed by atoms with Gasteiger partial charge in [0, 0.05) is 24.6 Å². The molecule has 2 N–H and O–H groups in total. The lowest BCUT2D eigenvalue weighted by atomic mass is 9.92. The van der Waals surface area contributed by atoms with E-state index in [4.69, 9.17) is 0 Å². The SMILES string of the molecule is CN(CC(C)(CO)CO)C(=O)c1ccc(C2(C#N)CC2)cc1. The number of hydrogen-bond donors (Lipinski definition) is 2. The van der Waals surface area contributed by atoms with E-state index in [1.54, 1.807) is 26.1 Å². The zero-order valence-corrected chi connectivity index (χ0v) is 13.0. The minimum absolute atomic E-state index is 0.165. The summed E-state index contributed by atoms with van der Waals surface area (Å²) in [5.41, 5.74) is 0.436. The van der Waals surface area contributed by atoms with Crippen molar-refractivity contribution >= 4 is 5.91 Å². The van der Waals surface area contributed by atoms with Gasteiger partial charge in [0.05, 0.1) is 24.7 Å². The minimum Gasteiger partial charge on any atom is -0.396 e. The molecule has 0 heterocycles. The number of nitrogens with zero attached hydrogens (tertiary/aromatic N) is 2. The van der Waals surface area contributed by atoms with Crippen LogP contribution in [0, 0.1) is 16.7 Å². The highest BCUT2D eigenvalue weighted by Crippen LogP contribution is 2.47. The summed E-state index contributed by atoms with van der Waals surface area (Å²) in [6.45, 7) is 1.61. The zero-order chi connectivity index (χ0) is 16.4. The van der Waals surface area contributed by atoms with E-state index < -0.39 is 5.41 Å². The molecule has 1 aromatic carbocycles. The third-order valence-corrected chi connectivity index (χ3v) is 4.38. The Kier molecular flexibility index (Phi) is 4.55. The molecule has 1 saturated carbocycles. The molecule has 5 heteroatoms. The Morgan fingerprint density at radius 3 is 2.27 bits per heavy atom. The number of benzene rings is 1. The van der Waals surface area contributed by atoms with E-state index in [1.807, 2.05) is 12.1 Å². The Bertz CT molecular complexity index is 581. The molecule has 1 amide bonds.